The van der Waals surface area contributed by atoms with Crippen molar-refractivity contribution in [2.75, 3.05) is 20.8 Å². The first-order valence-electron chi connectivity index (χ1n) is 6.07. The molecule has 1 unspecified atom stereocenters. The van der Waals surface area contributed by atoms with Crippen LogP contribution in [0.15, 0.2) is 24.3 Å². The van der Waals surface area contributed by atoms with Gasteiger partial charge in [0.25, 0.3) is 5.69 Å². The van der Waals surface area contributed by atoms with Crippen LogP contribution in [0.25, 0.3) is 0 Å². The van der Waals surface area contributed by atoms with E-state index >= 15 is 0 Å². The van der Waals surface area contributed by atoms with Crippen LogP contribution in [0.5, 0.6) is 5.75 Å². The van der Waals surface area contributed by atoms with Crippen LogP contribution in [0.3, 0.4) is 0 Å². The van der Waals surface area contributed by atoms with Gasteiger partial charge in [-0.3, -0.25) is 14.9 Å². The normalized spacial score (nSPS) is 13.3. The predicted molar refractivity (Wildman–Crippen MR) is 72.7 cm³/mol. The number of hydrogen-bond donors (Lipinski definition) is 1. The lowest BCUT2D eigenvalue weighted by Crippen LogP contribution is -2.49. The molecule has 7 nitrogen and oxygen atoms in total. The number of nitro groups is 1. The Kier molecular flexibility index (Phi) is 5.45. The van der Waals surface area contributed by atoms with Gasteiger partial charge < -0.3 is 14.8 Å². The van der Waals surface area contributed by atoms with Crippen molar-refractivity contribution in [3.05, 3.63) is 34.4 Å². The van der Waals surface area contributed by atoms with E-state index in [1.165, 1.54) is 31.4 Å². The molecule has 0 aliphatic heterocycles. The average Bonchev–Trinajstić information content (AvgIpc) is 2.46. The van der Waals surface area contributed by atoms with Crippen LogP contribution >= 0.6 is 0 Å². The van der Waals surface area contributed by atoms with Gasteiger partial charge in [-0.1, -0.05) is 0 Å². The van der Waals surface area contributed by atoms with Gasteiger partial charge in [-0.25, -0.2) is 0 Å². The van der Waals surface area contributed by atoms with Crippen molar-refractivity contribution in [3.8, 4) is 5.75 Å². The first-order chi connectivity index (χ1) is 9.42. The lowest BCUT2D eigenvalue weighted by atomic mass is 9.99. The third kappa shape index (κ3) is 3.92. The summed E-state index contributed by atoms with van der Waals surface area (Å²) in [5.41, 5.74) is -0.817. The molecule has 0 radical (unpaired) electrons. The predicted octanol–water partition coefficient (Wildman–Crippen LogP) is 1.51. The van der Waals surface area contributed by atoms with E-state index in [-0.39, 0.29) is 18.3 Å². The molecule has 0 spiro atoms. The van der Waals surface area contributed by atoms with Crippen molar-refractivity contribution in [2.24, 2.45) is 0 Å². The molecule has 0 saturated heterocycles. The van der Waals surface area contributed by atoms with Crippen LogP contribution in [0.1, 0.15) is 13.3 Å². The number of ether oxygens (including phenoxy) is 2. The van der Waals surface area contributed by atoms with Gasteiger partial charge in [0.15, 0.2) is 0 Å². The number of nitro benzene ring substituents is 1. The smallest absolute Gasteiger partial charge is 0.325 e. The first kappa shape index (κ1) is 15.9. The van der Waals surface area contributed by atoms with Gasteiger partial charge in [-0.2, -0.15) is 0 Å². The van der Waals surface area contributed by atoms with Gasteiger partial charge >= 0.3 is 5.97 Å². The topological polar surface area (TPSA) is 90.7 Å². The third-order valence-electron chi connectivity index (χ3n) is 3.11. The minimum atomic E-state index is -0.824. The summed E-state index contributed by atoms with van der Waals surface area (Å²) >= 11 is 0. The highest BCUT2D eigenvalue weighted by Gasteiger charge is 2.32. The quantitative estimate of drug-likeness (QED) is 0.463. The van der Waals surface area contributed by atoms with Crippen LogP contribution < -0.4 is 10.1 Å². The van der Waals surface area contributed by atoms with Crippen LogP contribution in [-0.2, 0) is 9.53 Å². The van der Waals surface area contributed by atoms with Crippen molar-refractivity contribution in [1.29, 1.82) is 0 Å². The van der Waals surface area contributed by atoms with E-state index in [0.717, 1.165) is 0 Å². The zero-order chi connectivity index (χ0) is 15.2. The minimum Gasteiger partial charge on any atom is -0.494 e. The maximum Gasteiger partial charge on any atom is 0.325 e. The van der Waals surface area contributed by atoms with Crippen molar-refractivity contribution in [1.82, 2.24) is 5.32 Å². The zero-order valence-corrected chi connectivity index (χ0v) is 11.7. The largest absolute Gasteiger partial charge is 0.494 e. The van der Waals surface area contributed by atoms with Gasteiger partial charge in [0.1, 0.15) is 11.3 Å². The molecule has 0 saturated carbocycles. The Hall–Kier alpha value is -2.15. The highest BCUT2D eigenvalue weighted by molar-refractivity contribution is 5.80. The van der Waals surface area contributed by atoms with Crippen LogP contribution in [0, 0.1) is 10.1 Å². The summed E-state index contributed by atoms with van der Waals surface area (Å²) in [5, 5.41) is 13.4. The summed E-state index contributed by atoms with van der Waals surface area (Å²) < 4.78 is 10.2. The molecule has 0 aliphatic carbocycles. The standard InChI is InChI=1S/C13H18N2O5/c1-13(14-2,12(16)19-3)8-9-20-11-6-4-10(5-7-11)15(17)18/h4-7,14H,8-9H2,1-3H3. The number of nitrogens with one attached hydrogen (secondary N) is 1. The summed E-state index contributed by atoms with van der Waals surface area (Å²) in [6.45, 7) is 2.00. The molecular formula is C13H18N2O5. The molecule has 1 aromatic carbocycles. The van der Waals surface area contributed by atoms with Crippen molar-refractivity contribution in [2.45, 2.75) is 18.9 Å². The molecule has 1 aromatic rings. The van der Waals surface area contributed by atoms with E-state index in [2.05, 4.69) is 5.32 Å². The van der Waals surface area contributed by atoms with Crippen molar-refractivity contribution >= 4 is 11.7 Å². The van der Waals surface area contributed by atoms with E-state index in [1.54, 1.807) is 14.0 Å². The molecule has 20 heavy (non-hydrogen) atoms. The third-order valence-corrected chi connectivity index (χ3v) is 3.11. The number of carbonyl (C=O) groups is 1. The van der Waals surface area contributed by atoms with Gasteiger partial charge in [-0.05, 0) is 26.1 Å². The molecule has 0 aromatic heterocycles. The Bertz CT molecular complexity index is 474. The van der Waals surface area contributed by atoms with E-state index in [9.17, 15) is 14.9 Å². The first-order valence-corrected chi connectivity index (χ1v) is 6.07. The maximum absolute atomic E-state index is 11.6. The minimum absolute atomic E-state index is 0.00646. The molecule has 110 valence electrons. The number of likely N-dealkylation sites (N-methyl/N-ethyl adjacent to an activating group) is 1. The molecule has 1 rings (SSSR count). The molecule has 0 bridgehead atoms. The van der Waals surface area contributed by atoms with Crippen LogP contribution in [-0.4, -0.2) is 37.2 Å². The molecule has 1 atom stereocenters. The summed E-state index contributed by atoms with van der Waals surface area (Å²) in [6, 6.07) is 5.78. The molecule has 0 heterocycles. The van der Waals surface area contributed by atoms with Gasteiger partial charge in [0.2, 0.25) is 0 Å². The second-order valence-corrected chi connectivity index (χ2v) is 4.42. The van der Waals surface area contributed by atoms with Gasteiger partial charge in [0, 0.05) is 18.6 Å². The second-order valence-electron chi connectivity index (χ2n) is 4.42. The Labute approximate surface area is 117 Å². The number of non-ortho nitro benzene ring substituents is 1. The Morgan fingerprint density at radius 3 is 2.45 bits per heavy atom. The zero-order valence-electron chi connectivity index (χ0n) is 11.7. The number of hydrogen-bond acceptors (Lipinski definition) is 6. The number of esters is 1. The molecule has 0 aliphatic rings. The van der Waals surface area contributed by atoms with E-state index in [4.69, 9.17) is 9.47 Å². The Balaban J connectivity index is 2.55. The molecular weight excluding hydrogens is 264 g/mol. The van der Waals surface area contributed by atoms with Crippen LogP contribution in [0.2, 0.25) is 0 Å². The number of benzene rings is 1. The van der Waals surface area contributed by atoms with Crippen LogP contribution in [0.4, 0.5) is 5.69 Å². The maximum atomic E-state index is 11.6. The Morgan fingerprint density at radius 1 is 1.40 bits per heavy atom. The number of rotatable bonds is 7. The SMILES string of the molecule is CNC(C)(CCOc1ccc([N+](=O)[O-])cc1)C(=O)OC. The lowest BCUT2D eigenvalue weighted by Gasteiger charge is -2.25. The second kappa shape index (κ2) is 6.85. The fourth-order valence-electron chi connectivity index (χ4n) is 1.59. The lowest BCUT2D eigenvalue weighted by molar-refractivity contribution is -0.384. The van der Waals surface area contributed by atoms with Crippen molar-refractivity contribution < 1.29 is 19.2 Å². The molecule has 1 N–H and O–H groups in total. The van der Waals surface area contributed by atoms with Crippen molar-refractivity contribution in [3.63, 3.8) is 0 Å². The Morgan fingerprint density at radius 2 is 2.00 bits per heavy atom. The van der Waals surface area contributed by atoms with E-state index in [1.807, 2.05) is 0 Å². The van der Waals surface area contributed by atoms with E-state index in [0.29, 0.717) is 12.2 Å². The average molecular weight is 282 g/mol. The molecule has 7 heteroatoms. The summed E-state index contributed by atoms with van der Waals surface area (Å²) in [7, 11) is 3.00. The summed E-state index contributed by atoms with van der Waals surface area (Å²) in [4.78, 5) is 21.6. The fourth-order valence-corrected chi connectivity index (χ4v) is 1.59. The number of methoxy groups -OCH3 is 1. The fraction of sp³-hybridized carbons (Fsp3) is 0.462. The monoisotopic (exact) mass is 282 g/mol. The molecule has 0 fully saturated rings. The highest BCUT2D eigenvalue weighted by Crippen LogP contribution is 2.18. The van der Waals surface area contributed by atoms with Gasteiger partial charge in [-0.15, -0.1) is 0 Å². The number of carbonyl (C=O) groups excluding carboxylic acids is 1. The summed E-state index contributed by atoms with van der Waals surface area (Å²) in [5.74, 6) is 0.145. The number of nitrogens with zero attached hydrogens (tertiary/aromatic N) is 1. The van der Waals surface area contributed by atoms with Gasteiger partial charge in [0.05, 0.1) is 18.6 Å². The van der Waals surface area contributed by atoms with E-state index < -0.39 is 10.5 Å². The summed E-state index contributed by atoms with van der Waals surface area (Å²) in [6.07, 6.45) is 0.410. The molecule has 0 amide bonds. The highest BCUT2D eigenvalue weighted by atomic mass is 16.6.